The molecule has 2 aliphatic rings. The van der Waals surface area contributed by atoms with E-state index in [0.29, 0.717) is 13.0 Å². The van der Waals surface area contributed by atoms with Gasteiger partial charge in [-0.2, -0.15) is 0 Å². The number of carbonyl (C=O) groups is 1. The van der Waals surface area contributed by atoms with E-state index in [9.17, 15) is 40.5 Å². The van der Waals surface area contributed by atoms with Gasteiger partial charge in [0.15, 0.2) is 12.6 Å². The summed E-state index contributed by atoms with van der Waals surface area (Å²) < 4.78 is 34.5. The zero-order chi connectivity index (χ0) is 55.8. The van der Waals surface area contributed by atoms with Crippen molar-refractivity contribution in [3.05, 3.63) is 24.3 Å². The lowest BCUT2D eigenvalue weighted by Crippen LogP contribution is -2.61. The Morgan fingerprint density at radius 3 is 1.26 bits per heavy atom. The Morgan fingerprint density at radius 2 is 0.805 bits per heavy atom. The van der Waals surface area contributed by atoms with Crippen LogP contribution in [0, 0.1) is 0 Å². The Labute approximate surface area is 468 Å². The molecule has 0 amide bonds. The lowest BCUT2D eigenvalue weighted by molar-refractivity contribution is -0.332. The van der Waals surface area contributed by atoms with E-state index < -0.39 is 80.7 Å². The van der Waals surface area contributed by atoms with Crippen LogP contribution < -0.4 is 0 Å². The molecular weight excluding hydrogens is 981 g/mol. The first-order chi connectivity index (χ1) is 37.6. The first kappa shape index (κ1) is 71.6. The van der Waals surface area contributed by atoms with Gasteiger partial charge >= 0.3 is 5.97 Å². The van der Waals surface area contributed by atoms with Crippen LogP contribution in [-0.2, 0) is 33.2 Å². The number of ether oxygens (including phenoxy) is 6. The fraction of sp³-hybridized carbons (Fsp3) is 0.921. The summed E-state index contributed by atoms with van der Waals surface area (Å²) in [5.41, 5.74) is 0. The number of aliphatic hydroxyl groups is 7. The van der Waals surface area contributed by atoms with E-state index in [2.05, 4.69) is 38.2 Å². The minimum atomic E-state index is -1.71. The molecule has 0 aromatic rings. The molecule has 2 fully saturated rings. The summed E-state index contributed by atoms with van der Waals surface area (Å²) in [6.07, 6.45) is 42.5. The molecule has 2 saturated heterocycles. The molecule has 0 bridgehead atoms. The Hall–Kier alpha value is -1.53. The molecule has 11 unspecified atom stereocenters. The summed E-state index contributed by atoms with van der Waals surface area (Å²) in [6.45, 7) is 3.72. The van der Waals surface area contributed by atoms with E-state index in [1.165, 1.54) is 193 Å². The first-order valence-corrected chi connectivity index (χ1v) is 31.9. The zero-order valence-corrected chi connectivity index (χ0v) is 49.0. The van der Waals surface area contributed by atoms with Gasteiger partial charge in [0.1, 0.15) is 54.9 Å². The topological polar surface area (TPSA) is 214 Å². The van der Waals surface area contributed by atoms with E-state index in [4.69, 9.17) is 28.4 Å². The van der Waals surface area contributed by atoms with Crippen molar-refractivity contribution >= 4 is 5.97 Å². The van der Waals surface area contributed by atoms with Crippen LogP contribution in [0.2, 0.25) is 0 Å². The normalized spacial score (nSPS) is 24.4. The molecule has 0 spiro atoms. The fourth-order valence-electron chi connectivity index (χ4n) is 10.3. The van der Waals surface area contributed by atoms with Crippen LogP contribution in [0.4, 0.5) is 0 Å². The minimum absolute atomic E-state index is 0.0633. The van der Waals surface area contributed by atoms with Gasteiger partial charge < -0.3 is 64.2 Å². The number of unbranched alkanes of at least 4 members (excludes halogenated alkanes) is 35. The number of rotatable bonds is 53. The van der Waals surface area contributed by atoms with Crippen molar-refractivity contribution in [3.63, 3.8) is 0 Å². The third kappa shape index (κ3) is 36.5. The fourth-order valence-corrected chi connectivity index (χ4v) is 10.3. The molecule has 2 aliphatic heterocycles. The van der Waals surface area contributed by atoms with E-state index in [1.807, 2.05) is 0 Å². The average Bonchev–Trinajstić information content (AvgIpc) is 3.43. The van der Waals surface area contributed by atoms with Crippen molar-refractivity contribution in [2.45, 2.75) is 338 Å². The van der Waals surface area contributed by atoms with Crippen molar-refractivity contribution in [1.29, 1.82) is 0 Å². The first-order valence-electron chi connectivity index (χ1n) is 31.9. The van der Waals surface area contributed by atoms with Crippen LogP contribution in [0.15, 0.2) is 24.3 Å². The molecule has 454 valence electrons. The highest BCUT2D eigenvalue weighted by molar-refractivity contribution is 5.69. The predicted molar refractivity (Wildman–Crippen MR) is 307 cm³/mol. The van der Waals surface area contributed by atoms with E-state index in [1.54, 1.807) is 0 Å². The quantitative estimate of drug-likeness (QED) is 0.0172. The van der Waals surface area contributed by atoms with Crippen LogP contribution in [-0.4, -0.2) is 142 Å². The van der Waals surface area contributed by atoms with Crippen LogP contribution in [0.3, 0.4) is 0 Å². The smallest absolute Gasteiger partial charge is 0.306 e. The van der Waals surface area contributed by atoms with Crippen LogP contribution in [0.1, 0.15) is 271 Å². The molecule has 0 radical (unpaired) electrons. The third-order valence-corrected chi connectivity index (χ3v) is 15.5. The Kier molecular flexibility index (Phi) is 46.7. The average molecular weight is 1100 g/mol. The van der Waals surface area contributed by atoms with Gasteiger partial charge in [-0.15, -0.1) is 0 Å². The maximum atomic E-state index is 13.1. The third-order valence-electron chi connectivity index (χ3n) is 15.5. The summed E-state index contributed by atoms with van der Waals surface area (Å²) in [4.78, 5) is 13.1. The zero-order valence-electron chi connectivity index (χ0n) is 49.0. The van der Waals surface area contributed by atoms with Gasteiger partial charge in [-0.05, 0) is 44.9 Å². The molecule has 0 aliphatic carbocycles. The minimum Gasteiger partial charge on any atom is -0.457 e. The predicted octanol–water partition coefficient (Wildman–Crippen LogP) is 12.3. The maximum absolute atomic E-state index is 13.1. The largest absolute Gasteiger partial charge is 0.457 e. The summed E-state index contributed by atoms with van der Waals surface area (Å²) >= 11 is 0. The molecule has 0 aromatic heterocycles. The van der Waals surface area contributed by atoms with Gasteiger partial charge in [0.2, 0.25) is 0 Å². The van der Waals surface area contributed by atoms with Crippen LogP contribution >= 0.6 is 0 Å². The van der Waals surface area contributed by atoms with E-state index in [0.717, 1.165) is 51.4 Å². The molecule has 7 N–H and O–H groups in total. The number of hydrogen-bond donors (Lipinski definition) is 7. The van der Waals surface area contributed by atoms with E-state index in [-0.39, 0.29) is 25.6 Å². The van der Waals surface area contributed by atoms with Crippen LogP contribution in [0.5, 0.6) is 0 Å². The number of aliphatic hydroxyl groups excluding tert-OH is 7. The van der Waals surface area contributed by atoms with Gasteiger partial charge in [-0.1, -0.05) is 244 Å². The summed E-state index contributed by atoms with van der Waals surface area (Å²) in [5, 5.41) is 72.4. The highest BCUT2D eigenvalue weighted by atomic mass is 16.7. The molecule has 14 heteroatoms. The second-order valence-corrected chi connectivity index (χ2v) is 22.6. The van der Waals surface area contributed by atoms with Crippen LogP contribution in [0.25, 0.3) is 0 Å². The molecule has 0 saturated carbocycles. The highest BCUT2D eigenvalue weighted by Crippen LogP contribution is 2.27. The summed E-state index contributed by atoms with van der Waals surface area (Å²) in [6, 6.07) is 0. The number of esters is 1. The van der Waals surface area contributed by atoms with Crippen molar-refractivity contribution in [1.82, 2.24) is 0 Å². The van der Waals surface area contributed by atoms with Crippen molar-refractivity contribution < 1.29 is 69.0 Å². The van der Waals surface area contributed by atoms with Crippen molar-refractivity contribution in [2.75, 3.05) is 33.0 Å². The lowest BCUT2D eigenvalue weighted by Gasteiger charge is -2.42. The molecule has 0 aromatic carbocycles. The Morgan fingerprint density at radius 1 is 0.429 bits per heavy atom. The van der Waals surface area contributed by atoms with E-state index >= 15 is 0 Å². The maximum Gasteiger partial charge on any atom is 0.306 e. The SMILES string of the molecule is CCCCCC/C=C\C/C=C\CCCCCCCCCC(=O)OC(COCCCCCCCCCCCCCCCCCCCCCCCCCCC)COC1OC(COC2OC(CO)C(O)C(O)C2O)C(O)C(O)C1O. The highest BCUT2D eigenvalue weighted by Gasteiger charge is 2.47. The number of carbonyl (C=O) groups excluding carboxylic acids is 1. The van der Waals surface area contributed by atoms with Gasteiger partial charge in [0.25, 0.3) is 0 Å². The molecule has 2 rings (SSSR count). The summed E-state index contributed by atoms with van der Waals surface area (Å²) in [5.74, 6) is -0.378. The monoisotopic (exact) mass is 1100 g/mol. The molecule has 2 heterocycles. The van der Waals surface area contributed by atoms with Crippen molar-refractivity contribution in [2.24, 2.45) is 0 Å². The lowest BCUT2D eigenvalue weighted by atomic mass is 9.98. The Balaban J connectivity index is 1.66. The molecular formula is C63H118O14. The standard InChI is InChI=1S/C63H118O14/c1-3-5-7-9-11-13-15-17-19-21-23-24-25-26-27-28-29-31-33-35-37-39-41-43-45-47-72-49-52(75-55(65)46-44-42-40-38-36-34-32-30-22-20-18-16-14-12-10-8-6-4-2)50-73-62-61(71)59(69)57(67)54(77-62)51-74-63-60(70)58(68)56(66)53(48-64)76-63/h14,16,20,22,52-54,56-64,66-71H,3-13,15,17-19,21,23-51H2,1-2H3/b16-14-,22-20-. The second kappa shape index (κ2) is 50.2. The van der Waals surface area contributed by atoms with Gasteiger partial charge in [-0.3, -0.25) is 4.79 Å². The summed E-state index contributed by atoms with van der Waals surface area (Å²) in [7, 11) is 0. The van der Waals surface area contributed by atoms with Gasteiger partial charge in [0, 0.05) is 13.0 Å². The second-order valence-electron chi connectivity index (χ2n) is 22.6. The molecule has 77 heavy (non-hydrogen) atoms. The molecule has 11 atom stereocenters. The number of allylic oxidation sites excluding steroid dienone is 4. The molecule has 14 nitrogen and oxygen atoms in total. The van der Waals surface area contributed by atoms with Gasteiger partial charge in [0.05, 0.1) is 26.4 Å². The van der Waals surface area contributed by atoms with Crippen molar-refractivity contribution in [3.8, 4) is 0 Å². The number of hydrogen-bond acceptors (Lipinski definition) is 14. The van der Waals surface area contributed by atoms with Gasteiger partial charge in [-0.25, -0.2) is 0 Å². The Bertz CT molecular complexity index is 1370.